The number of carbonyl (C=O) groups excluding carboxylic acids is 1. The molecule has 0 bridgehead atoms. The number of hydrogen-bond acceptors (Lipinski definition) is 5. The van der Waals surface area contributed by atoms with Gasteiger partial charge < -0.3 is 20.1 Å². The minimum Gasteiger partial charge on any atom is -0.497 e. The summed E-state index contributed by atoms with van der Waals surface area (Å²) in [6, 6.07) is 25.8. The molecule has 1 heterocycles. The molecule has 4 aromatic rings. The molecule has 3 N–H and O–H groups in total. The van der Waals surface area contributed by atoms with Gasteiger partial charge in [0.15, 0.2) is 5.92 Å². The van der Waals surface area contributed by atoms with Crippen molar-refractivity contribution in [3.8, 4) is 28.4 Å². The highest BCUT2D eigenvalue weighted by Gasteiger charge is 2.27. The molecule has 1 fully saturated rings. The summed E-state index contributed by atoms with van der Waals surface area (Å²) in [5.74, 6) is -1.13. The Balaban J connectivity index is 1.59. The van der Waals surface area contributed by atoms with Gasteiger partial charge in [0, 0.05) is 37.3 Å². The smallest absolute Gasteiger partial charge is 0.320 e. The highest BCUT2D eigenvalue weighted by molar-refractivity contribution is 6.01. The average molecular weight is 623 g/mol. The number of primary amides is 1. The molecule has 1 aliphatic carbocycles. The Hall–Kier alpha value is -4.43. The van der Waals surface area contributed by atoms with Crippen LogP contribution in [-0.4, -0.2) is 45.1 Å². The molecule has 1 aromatic heterocycles. The zero-order valence-electron chi connectivity index (χ0n) is 27.0. The first kappa shape index (κ1) is 32.9. The fourth-order valence-corrected chi connectivity index (χ4v) is 6.68. The van der Waals surface area contributed by atoms with Crippen LogP contribution in [0.4, 0.5) is 0 Å². The molecule has 242 valence electrons. The van der Waals surface area contributed by atoms with Crippen LogP contribution in [0.5, 0.6) is 5.75 Å². The molecule has 8 nitrogen and oxygen atoms in total. The number of hydrogen-bond donors (Lipinski definition) is 2. The van der Waals surface area contributed by atoms with E-state index >= 15 is 0 Å². The van der Waals surface area contributed by atoms with Crippen LogP contribution in [-0.2, 0) is 29.2 Å². The molecular formula is C38H46N4O4. The van der Waals surface area contributed by atoms with E-state index in [9.17, 15) is 14.7 Å². The van der Waals surface area contributed by atoms with E-state index in [4.69, 9.17) is 15.5 Å². The van der Waals surface area contributed by atoms with E-state index in [0.29, 0.717) is 24.6 Å². The molecular weight excluding hydrogens is 576 g/mol. The maximum absolute atomic E-state index is 12.0. The fourth-order valence-electron chi connectivity index (χ4n) is 6.68. The van der Waals surface area contributed by atoms with Crippen molar-refractivity contribution in [2.75, 3.05) is 13.7 Å². The lowest BCUT2D eigenvalue weighted by atomic mass is 9.88. The second-order valence-corrected chi connectivity index (χ2v) is 12.4. The standard InChI is InChI=1S/C38H46N4O4/c1-3-4-22-42-33(35(29-18-20-32(46-2)21-19-29)40-37(42)30-15-9-6-10-16-30)26-41(24-27-12-7-5-8-13-27)25-28-14-11-17-31(23-28)34(36(39)43)38(44)45/h6,9-11,14-21,23,27,34H,3-5,7-8,12-13,22,24-26H2,1-2H3,(H2,39,43)(H,44,45). The number of rotatable bonds is 15. The molecule has 0 saturated heterocycles. The average Bonchev–Trinajstić information content (AvgIpc) is 3.42. The molecule has 1 amide bonds. The van der Waals surface area contributed by atoms with Gasteiger partial charge in [0.1, 0.15) is 11.6 Å². The van der Waals surface area contributed by atoms with Gasteiger partial charge in [-0.3, -0.25) is 14.5 Å². The van der Waals surface area contributed by atoms with Gasteiger partial charge in [-0.15, -0.1) is 0 Å². The van der Waals surface area contributed by atoms with Crippen molar-refractivity contribution in [3.05, 3.63) is 95.7 Å². The number of amides is 1. The summed E-state index contributed by atoms with van der Waals surface area (Å²) in [4.78, 5) is 31.8. The zero-order chi connectivity index (χ0) is 32.5. The minimum atomic E-state index is -1.38. The van der Waals surface area contributed by atoms with E-state index < -0.39 is 17.8 Å². The van der Waals surface area contributed by atoms with Crippen molar-refractivity contribution in [2.24, 2.45) is 11.7 Å². The third kappa shape index (κ3) is 8.04. The number of benzene rings is 3. The maximum atomic E-state index is 12.0. The maximum Gasteiger partial charge on any atom is 0.320 e. The van der Waals surface area contributed by atoms with E-state index in [1.165, 1.54) is 32.1 Å². The predicted octanol–water partition coefficient (Wildman–Crippen LogP) is 7.26. The molecule has 0 spiro atoms. The summed E-state index contributed by atoms with van der Waals surface area (Å²) in [5, 5.41) is 9.72. The number of nitrogens with zero attached hydrogens (tertiary/aromatic N) is 3. The predicted molar refractivity (Wildman–Crippen MR) is 181 cm³/mol. The molecule has 1 aliphatic rings. The van der Waals surface area contributed by atoms with Crippen LogP contribution in [0.15, 0.2) is 78.9 Å². The Morgan fingerprint density at radius 2 is 1.72 bits per heavy atom. The number of nitrogens with two attached hydrogens (primary N) is 1. The highest BCUT2D eigenvalue weighted by atomic mass is 16.5. The number of aliphatic carboxylic acids is 1. The van der Waals surface area contributed by atoms with Crippen LogP contribution in [0, 0.1) is 5.92 Å². The van der Waals surface area contributed by atoms with E-state index in [1.54, 1.807) is 13.2 Å². The van der Waals surface area contributed by atoms with Gasteiger partial charge >= 0.3 is 5.97 Å². The minimum absolute atomic E-state index is 0.411. The Morgan fingerprint density at radius 3 is 2.37 bits per heavy atom. The van der Waals surface area contributed by atoms with Crippen LogP contribution < -0.4 is 10.5 Å². The van der Waals surface area contributed by atoms with Crippen LogP contribution in [0.2, 0.25) is 0 Å². The van der Waals surface area contributed by atoms with E-state index in [2.05, 4.69) is 52.8 Å². The third-order valence-corrected chi connectivity index (χ3v) is 9.04. The Bertz CT molecular complexity index is 1580. The first-order valence-corrected chi connectivity index (χ1v) is 16.5. The van der Waals surface area contributed by atoms with E-state index in [1.807, 2.05) is 36.4 Å². The number of unbranched alkanes of at least 4 members (excludes halogenated alkanes) is 1. The number of ether oxygens (including phenoxy) is 1. The van der Waals surface area contributed by atoms with Crippen LogP contribution in [0.25, 0.3) is 22.6 Å². The van der Waals surface area contributed by atoms with Gasteiger partial charge in [0.2, 0.25) is 5.91 Å². The third-order valence-electron chi connectivity index (χ3n) is 9.04. The van der Waals surface area contributed by atoms with Gasteiger partial charge in [-0.2, -0.15) is 0 Å². The van der Waals surface area contributed by atoms with Crippen molar-refractivity contribution < 1.29 is 19.4 Å². The zero-order valence-corrected chi connectivity index (χ0v) is 27.0. The molecule has 0 radical (unpaired) electrons. The lowest BCUT2D eigenvalue weighted by Crippen LogP contribution is -2.31. The van der Waals surface area contributed by atoms with Gasteiger partial charge in [-0.05, 0) is 60.6 Å². The number of imidazole rings is 1. The van der Waals surface area contributed by atoms with Gasteiger partial charge in [0.05, 0.1) is 18.5 Å². The van der Waals surface area contributed by atoms with Crippen molar-refractivity contribution in [3.63, 3.8) is 0 Å². The van der Waals surface area contributed by atoms with Crippen molar-refractivity contribution in [1.82, 2.24) is 14.5 Å². The summed E-state index contributed by atoms with van der Waals surface area (Å²) in [6.07, 6.45) is 8.28. The first-order chi connectivity index (χ1) is 22.4. The first-order valence-electron chi connectivity index (χ1n) is 16.5. The quantitative estimate of drug-likeness (QED) is 0.135. The van der Waals surface area contributed by atoms with Crippen molar-refractivity contribution >= 4 is 11.9 Å². The summed E-state index contributed by atoms with van der Waals surface area (Å²) in [7, 11) is 1.67. The Morgan fingerprint density at radius 1 is 0.978 bits per heavy atom. The molecule has 1 saturated carbocycles. The molecule has 1 unspecified atom stereocenters. The van der Waals surface area contributed by atoms with Crippen LogP contribution in [0.1, 0.15) is 74.6 Å². The molecule has 1 atom stereocenters. The van der Waals surface area contributed by atoms with Crippen molar-refractivity contribution in [1.29, 1.82) is 0 Å². The summed E-state index contributed by atoms with van der Waals surface area (Å²) < 4.78 is 7.86. The van der Waals surface area contributed by atoms with Crippen LogP contribution in [0.3, 0.4) is 0 Å². The largest absolute Gasteiger partial charge is 0.497 e. The fraction of sp³-hybridized carbons (Fsp3) is 0.395. The summed E-state index contributed by atoms with van der Waals surface area (Å²) >= 11 is 0. The number of aromatic nitrogens is 2. The van der Waals surface area contributed by atoms with Gasteiger partial charge in [-0.25, -0.2) is 4.98 Å². The SMILES string of the molecule is CCCCn1c(-c2ccccc2)nc(-c2ccc(OC)cc2)c1CN(Cc1cccc(C(C(N)=O)C(=O)O)c1)CC1CCCCC1. The van der Waals surface area contributed by atoms with Crippen molar-refractivity contribution in [2.45, 2.75) is 77.4 Å². The molecule has 5 rings (SSSR count). The second kappa shape index (κ2) is 15.7. The summed E-state index contributed by atoms with van der Waals surface area (Å²) in [6.45, 7) is 5.26. The lowest BCUT2D eigenvalue weighted by molar-refractivity contribution is -0.142. The number of carboxylic acid groups (broad SMARTS) is 1. The topological polar surface area (TPSA) is 111 Å². The Labute approximate surface area is 272 Å². The van der Waals surface area contributed by atoms with E-state index in [-0.39, 0.29) is 0 Å². The Kier molecular flexibility index (Phi) is 11.3. The van der Waals surface area contributed by atoms with Crippen LogP contribution >= 0.6 is 0 Å². The van der Waals surface area contributed by atoms with Gasteiger partial charge in [0.25, 0.3) is 0 Å². The van der Waals surface area contributed by atoms with Gasteiger partial charge in [-0.1, -0.05) is 87.2 Å². The molecule has 46 heavy (non-hydrogen) atoms. The van der Waals surface area contributed by atoms with E-state index in [0.717, 1.165) is 65.6 Å². The molecule has 3 aromatic carbocycles. The number of carboxylic acids is 1. The highest BCUT2D eigenvalue weighted by Crippen LogP contribution is 2.33. The molecule has 8 heteroatoms. The molecule has 0 aliphatic heterocycles. The second-order valence-electron chi connectivity index (χ2n) is 12.4. The summed E-state index contributed by atoms with van der Waals surface area (Å²) in [5.41, 5.74) is 11.1. The number of methoxy groups -OCH3 is 1. The monoisotopic (exact) mass is 622 g/mol. The lowest BCUT2D eigenvalue weighted by Gasteiger charge is -2.30. The normalized spacial score (nSPS) is 14.3. The number of carbonyl (C=O) groups is 2.